The van der Waals surface area contributed by atoms with Gasteiger partial charge in [-0.3, -0.25) is 14.4 Å². The van der Waals surface area contributed by atoms with Crippen molar-refractivity contribution in [3.8, 4) is 0 Å². The van der Waals surface area contributed by atoms with Crippen LogP contribution in [0.1, 0.15) is 19.4 Å². The molecule has 0 atom stereocenters. The molecular formula is C14H18N2O4. The van der Waals surface area contributed by atoms with Gasteiger partial charge in [-0.05, 0) is 24.6 Å². The van der Waals surface area contributed by atoms with Gasteiger partial charge < -0.3 is 15.3 Å². The molecule has 0 radical (unpaired) electrons. The van der Waals surface area contributed by atoms with Gasteiger partial charge in [-0.2, -0.15) is 0 Å². The van der Waals surface area contributed by atoms with Gasteiger partial charge in [0.15, 0.2) is 0 Å². The van der Waals surface area contributed by atoms with Gasteiger partial charge in [-0.1, -0.05) is 12.1 Å². The Morgan fingerprint density at radius 2 is 1.80 bits per heavy atom. The lowest BCUT2D eigenvalue weighted by atomic mass is 10.1. The van der Waals surface area contributed by atoms with Crippen LogP contribution in [0.5, 0.6) is 0 Å². The SMILES string of the molecule is CCN(CC(=O)O)C(=O)Cc1ccc(NC(C)=O)cc1. The van der Waals surface area contributed by atoms with E-state index in [1.54, 1.807) is 31.2 Å². The van der Waals surface area contributed by atoms with Crippen LogP contribution in [0.15, 0.2) is 24.3 Å². The fraction of sp³-hybridized carbons (Fsp3) is 0.357. The second-order valence-electron chi connectivity index (χ2n) is 4.36. The molecular weight excluding hydrogens is 260 g/mol. The van der Waals surface area contributed by atoms with Gasteiger partial charge in [0.25, 0.3) is 0 Å². The molecule has 1 aromatic rings. The largest absolute Gasteiger partial charge is 0.480 e. The van der Waals surface area contributed by atoms with Crippen molar-refractivity contribution in [2.24, 2.45) is 0 Å². The molecule has 0 aliphatic heterocycles. The molecule has 20 heavy (non-hydrogen) atoms. The monoisotopic (exact) mass is 278 g/mol. The minimum atomic E-state index is -1.03. The van der Waals surface area contributed by atoms with Crippen LogP contribution in [-0.2, 0) is 20.8 Å². The molecule has 0 fully saturated rings. The lowest BCUT2D eigenvalue weighted by Gasteiger charge is -2.18. The van der Waals surface area contributed by atoms with Crippen LogP contribution in [0.3, 0.4) is 0 Å². The Labute approximate surface area is 117 Å². The van der Waals surface area contributed by atoms with E-state index in [0.29, 0.717) is 12.2 Å². The van der Waals surface area contributed by atoms with E-state index in [0.717, 1.165) is 5.56 Å². The fourth-order valence-corrected chi connectivity index (χ4v) is 1.74. The Hall–Kier alpha value is -2.37. The summed E-state index contributed by atoms with van der Waals surface area (Å²) >= 11 is 0. The molecule has 1 rings (SSSR count). The third-order valence-corrected chi connectivity index (χ3v) is 2.69. The van der Waals surface area contributed by atoms with Gasteiger partial charge >= 0.3 is 5.97 Å². The van der Waals surface area contributed by atoms with E-state index in [2.05, 4.69) is 5.32 Å². The third-order valence-electron chi connectivity index (χ3n) is 2.69. The van der Waals surface area contributed by atoms with Crippen molar-refractivity contribution in [2.75, 3.05) is 18.4 Å². The van der Waals surface area contributed by atoms with E-state index in [4.69, 9.17) is 5.11 Å². The van der Waals surface area contributed by atoms with Crippen LogP contribution < -0.4 is 5.32 Å². The Balaban J connectivity index is 2.65. The first-order chi connectivity index (χ1) is 9.42. The zero-order valence-corrected chi connectivity index (χ0v) is 11.5. The predicted octanol–water partition coefficient (Wildman–Crippen LogP) is 1.12. The first kappa shape index (κ1) is 15.7. The van der Waals surface area contributed by atoms with E-state index in [9.17, 15) is 14.4 Å². The maximum absolute atomic E-state index is 11.9. The number of carboxylic acids is 1. The van der Waals surface area contributed by atoms with Crippen molar-refractivity contribution < 1.29 is 19.5 Å². The van der Waals surface area contributed by atoms with Gasteiger partial charge in [0.05, 0.1) is 6.42 Å². The highest BCUT2D eigenvalue weighted by Gasteiger charge is 2.15. The maximum atomic E-state index is 11.9. The Morgan fingerprint density at radius 1 is 1.20 bits per heavy atom. The number of hydrogen-bond acceptors (Lipinski definition) is 3. The molecule has 0 heterocycles. The van der Waals surface area contributed by atoms with Gasteiger partial charge in [0.1, 0.15) is 6.54 Å². The normalized spacial score (nSPS) is 9.90. The smallest absolute Gasteiger partial charge is 0.323 e. The van der Waals surface area contributed by atoms with Crippen molar-refractivity contribution >= 4 is 23.5 Å². The number of benzene rings is 1. The van der Waals surface area contributed by atoms with Crippen LogP contribution in [0.2, 0.25) is 0 Å². The van der Waals surface area contributed by atoms with Gasteiger partial charge in [-0.15, -0.1) is 0 Å². The fourth-order valence-electron chi connectivity index (χ4n) is 1.74. The van der Waals surface area contributed by atoms with E-state index >= 15 is 0 Å². The van der Waals surface area contributed by atoms with Crippen molar-refractivity contribution in [1.29, 1.82) is 0 Å². The summed E-state index contributed by atoms with van der Waals surface area (Å²) in [5.74, 6) is -1.42. The van der Waals surface area contributed by atoms with Crippen LogP contribution in [0.25, 0.3) is 0 Å². The summed E-state index contributed by atoms with van der Waals surface area (Å²) in [6, 6.07) is 6.88. The summed E-state index contributed by atoms with van der Waals surface area (Å²) in [6.07, 6.45) is 0.140. The molecule has 2 N–H and O–H groups in total. The minimum Gasteiger partial charge on any atom is -0.480 e. The van der Waals surface area contributed by atoms with E-state index in [-0.39, 0.29) is 24.8 Å². The Kier molecular flexibility index (Phi) is 5.71. The number of nitrogens with zero attached hydrogens (tertiary/aromatic N) is 1. The number of anilines is 1. The zero-order chi connectivity index (χ0) is 15.1. The topological polar surface area (TPSA) is 86.7 Å². The number of aliphatic carboxylic acids is 1. The maximum Gasteiger partial charge on any atom is 0.323 e. The van der Waals surface area contributed by atoms with Crippen LogP contribution in [0.4, 0.5) is 5.69 Å². The predicted molar refractivity (Wildman–Crippen MR) is 74.3 cm³/mol. The molecule has 6 heteroatoms. The Morgan fingerprint density at radius 3 is 2.25 bits per heavy atom. The average Bonchev–Trinajstić information content (AvgIpc) is 2.37. The van der Waals surface area contributed by atoms with Gasteiger partial charge in [0, 0.05) is 19.2 Å². The van der Waals surface area contributed by atoms with Crippen LogP contribution >= 0.6 is 0 Å². The van der Waals surface area contributed by atoms with E-state index in [1.807, 2.05) is 0 Å². The summed E-state index contributed by atoms with van der Waals surface area (Å²) in [6.45, 7) is 3.22. The zero-order valence-electron chi connectivity index (χ0n) is 11.5. The molecule has 0 aliphatic carbocycles. The average molecular weight is 278 g/mol. The molecule has 0 aromatic heterocycles. The van der Waals surface area contributed by atoms with E-state index in [1.165, 1.54) is 11.8 Å². The molecule has 0 bridgehead atoms. The standard InChI is InChI=1S/C14H18N2O4/c1-3-16(9-14(19)20)13(18)8-11-4-6-12(7-5-11)15-10(2)17/h4-7H,3,8-9H2,1-2H3,(H,15,17)(H,19,20). The highest BCUT2D eigenvalue weighted by Crippen LogP contribution is 2.11. The molecule has 6 nitrogen and oxygen atoms in total. The number of likely N-dealkylation sites (N-methyl/N-ethyl adjacent to an activating group) is 1. The number of amides is 2. The van der Waals surface area contributed by atoms with Gasteiger partial charge in [-0.25, -0.2) is 0 Å². The quantitative estimate of drug-likeness (QED) is 0.816. The second-order valence-corrected chi connectivity index (χ2v) is 4.36. The summed E-state index contributed by atoms with van der Waals surface area (Å²) < 4.78 is 0. The molecule has 108 valence electrons. The molecule has 0 spiro atoms. The number of hydrogen-bond donors (Lipinski definition) is 2. The first-order valence-corrected chi connectivity index (χ1v) is 6.28. The lowest BCUT2D eigenvalue weighted by molar-refractivity contribution is -0.144. The van der Waals surface area contributed by atoms with Crippen LogP contribution in [-0.4, -0.2) is 40.9 Å². The molecule has 0 saturated carbocycles. The number of carbonyl (C=O) groups excluding carboxylic acids is 2. The molecule has 0 saturated heterocycles. The molecule has 0 aliphatic rings. The van der Waals surface area contributed by atoms with Crippen molar-refractivity contribution in [3.63, 3.8) is 0 Å². The van der Waals surface area contributed by atoms with E-state index < -0.39 is 5.97 Å². The summed E-state index contributed by atoms with van der Waals surface area (Å²) in [5, 5.41) is 11.3. The number of rotatable bonds is 6. The van der Waals surface area contributed by atoms with Gasteiger partial charge in [0.2, 0.25) is 11.8 Å². The first-order valence-electron chi connectivity index (χ1n) is 6.28. The van der Waals surface area contributed by atoms with Crippen LogP contribution in [0, 0.1) is 0 Å². The highest BCUT2D eigenvalue weighted by atomic mass is 16.4. The third kappa shape index (κ3) is 5.09. The summed E-state index contributed by atoms with van der Waals surface area (Å²) in [4.78, 5) is 34.7. The number of carbonyl (C=O) groups is 3. The molecule has 2 amide bonds. The summed E-state index contributed by atoms with van der Waals surface area (Å²) in [7, 11) is 0. The number of nitrogens with one attached hydrogen (secondary N) is 1. The highest BCUT2D eigenvalue weighted by molar-refractivity contribution is 5.88. The van der Waals surface area contributed by atoms with Crippen molar-refractivity contribution in [3.05, 3.63) is 29.8 Å². The van der Waals surface area contributed by atoms with Crippen molar-refractivity contribution in [1.82, 2.24) is 4.90 Å². The number of carboxylic acid groups (broad SMARTS) is 1. The Bertz CT molecular complexity index is 496. The minimum absolute atomic E-state index is 0.140. The molecule has 1 aromatic carbocycles. The van der Waals surface area contributed by atoms with Crippen molar-refractivity contribution in [2.45, 2.75) is 20.3 Å². The second kappa shape index (κ2) is 7.28. The summed E-state index contributed by atoms with van der Waals surface area (Å²) in [5.41, 5.74) is 1.43. The lowest BCUT2D eigenvalue weighted by Crippen LogP contribution is -2.36. The molecule has 0 unspecified atom stereocenters.